The zero-order valence-electron chi connectivity index (χ0n) is 34.2. The first-order chi connectivity index (χ1) is 24.5. The van der Waals surface area contributed by atoms with E-state index in [9.17, 15) is 5.53 Å². The first-order valence-corrected chi connectivity index (χ1v) is 21.0. The molecule has 2 aromatic rings. The van der Waals surface area contributed by atoms with Gasteiger partial charge < -0.3 is 19.4 Å². The molecular formula is C48H78N2Ni. The van der Waals surface area contributed by atoms with Crippen LogP contribution in [-0.2, 0) is 29.3 Å². The SMILES string of the molecule is CCCCCCCCc1cccc(C(=C(CCCCCC)C(=C=[N+]=[N-])CCCC)c2ccc(CCCC)cc2)c1.[CH2-]CCCC.[CH2-]CCCC.[Ni+2]. The Morgan fingerprint density at radius 1 is 0.549 bits per heavy atom. The molecule has 0 unspecified atom stereocenters. The van der Waals surface area contributed by atoms with E-state index in [0.29, 0.717) is 0 Å². The maximum atomic E-state index is 9.63. The van der Waals surface area contributed by atoms with Crippen LogP contribution in [0.4, 0.5) is 0 Å². The van der Waals surface area contributed by atoms with E-state index in [1.165, 1.54) is 130 Å². The zero-order chi connectivity index (χ0) is 37.1. The van der Waals surface area contributed by atoms with Crippen molar-refractivity contribution in [2.24, 2.45) is 0 Å². The third kappa shape index (κ3) is 25.5. The van der Waals surface area contributed by atoms with Gasteiger partial charge in [0, 0.05) is 0 Å². The fourth-order valence-corrected chi connectivity index (χ4v) is 6.07. The van der Waals surface area contributed by atoms with Gasteiger partial charge in [-0.05, 0) is 84.8 Å². The molecule has 51 heavy (non-hydrogen) atoms. The van der Waals surface area contributed by atoms with Crippen LogP contribution in [-0.4, -0.2) is 10.7 Å². The number of hydrogen-bond donors (Lipinski definition) is 0. The van der Waals surface area contributed by atoms with Crippen LogP contribution < -0.4 is 0 Å². The molecule has 0 saturated carbocycles. The van der Waals surface area contributed by atoms with Gasteiger partial charge in [-0.3, -0.25) is 0 Å². The number of nitrogens with zero attached hydrogens (tertiary/aromatic N) is 2. The fourth-order valence-electron chi connectivity index (χ4n) is 6.07. The van der Waals surface area contributed by atoms with Crippen LogP contribution in [0, 0.1) is 13.8 Å². The molecule has 0 aliphatic carbocycles. The summed E-state index contributed by atoms with van der Waals surface area (Å²) in [4.78, 5) is 3.44. The molecule has 2 aromatic carbocycles. The van der Waals surface area contributed by atoms with E-state index in [1.807, 2.05) is 0 Å². The van der Waals surface area contributed by atoms with Crippen LogP contribution in [0.15, 0.2) is 59.7 Å². The van der Waals surface area contributed by atoms with E-state index >= 15 is 0 Å². The average Bonchev–Trinajstić information content (AvgIpc) is 3.14. The Morgan fingerprint density at radius 3 is 1.61 bits per heavy atom. The standard InChI is InChI=1S/C38H56N2.2C5H11.Ni/c1-5-9-13-15-16-17-21-33-22-19-24-35(30-33)38(34-28-26-32(27-29-34)20-11-7-3)37(25-18-14-10-6-2)36(31-40-39)23-12-8-4;2*1-3-5-4-2;/h19,22,24,26-30H,5-18,20-21,23,25H2,1-4H3;2*1,3-5H2,2H3;/q;2*-1;+2. The summed E-state index contributed by atoms with van der Waals surface area (Å²) < 4.78 is 0. The van der Waals surface area contributed by atoms with Gasteiger partial charge in [0.25, 0.3) is 0 Å². The summed E-state index contributed by atoms with van der Waals surface area (Å²) in [6.45, 7) is 20.7. The van der Waals surface area contributed by atoms with Crippen molar-refractivity contribution in [1.82, 2.24) is 0 Å². The molecule has 0 aliphatic heterocycles. The molecule has 0 atom stereocenters. The number of allylic oxidation sites excluding steroid dienone is 2. The molecule has 0 radical (unpaired) electrons. The first-order valence-electron chi connectivity index (χ1n) is 21.0. The minimum absolute atomic E-state index is 0. The number of unbranched alkanes of at least 4 members (excludes halogenated alkanes) is 14. The molecule has 0 heterocycles. The van der Waals surface area contributed by atoms with Crippen molar-refractivity contribution >= 4 is 11.4 Å². The van der Waals surface area contributed by atoms with Crippen molar-refractivity contribution in [1.29, 1.82) is 0 Å². The Labute approximate surface area is 328 Å². The predicted octanol–water partition coefficient (Wildman–Crippen LogP) is 15.7. The molecule has 290 valence electrons. The van der Waals surface area contributed by atoms with Gasteiger partial charge in [0.2, 0.25) is 0 Å². The number of rotatable bonds is 25. The van der Waals surface area contributed by atoms with Crippen LogP contribution >= 0.6 is 0 Å². The van der Waals surface area contributed by atoms with Gasteiger partial charge in [-0.1, -0.05) is 180 Å². The third-order valence-electron chi connectivity index (χ3n) is 9.22. The summed E-state index contributed by atoms with van der Waals surface area (Å²) in [5.41, 5.74) is 18.7. The van der Waals surface area contributed by atoms with Crippen molar-refractivity contribution in [2.45, 2.75) is 196 Å². The van der Waals surface area contributed by atoms with Gasteiger partial charge in [0.15, 0.2) is 0 Å². The zero-order valence-corrected chi connectivity index (χ0v) is 35.2. The number of hydrogen-bond acceptors (Lipinski definition) is 0. The van der Waals surface area contributed by atoms with Crippen molar-refractivity contribution in [3.05, 3.63) is 101 Å². The summed E-state index contributed by atoms with van der Waals surface area (Å²) in [5.74, 6) is 3.03. The minimum Gasteiger partial charge on any atom is -0.348 e. The van der Waals surface area contributed by atoms with Gasteiger partial charge in [-0.2, -0.15) is 12.8 Å². The summed E-state index contributed by atoms with van der Waals surface area (Å²) in [5, 5.41) is 0. The summed E-state index contributed by atoms with van der Waals surface area (Å²) in [6.07, 6.45) is 28.8. The second-order valence-corrected chi connectivity index (χ2v) is 13.9. The van der Waals surface area contributed by atoms with Crippen molar-refractivity contribution in [3.63, 3.8) is 0 Å². The van der Waals surface area contributed by atoms with Crippen LogP contribution in [0.2, 0.25) is 0 Å². The van der Waals surface area contributed by atoms with Crippen molar-refractivity contribution in [3.8, 4) is 0 Å². The van der Waals surface area contributed by atoms with Gasteiger partial charge in [-0.25, -0.2) is 0 Å². The monoisotopic (exact) mass is 741 g/mol. The fraction of sp³-hybridized carbons (Fsp3) is 0.625. The molecule has 0 saturated heterocycles. The quantitative estimate of drug-likeness (QED) is 0.0185. The predicted molar refractivity (Wildman–Crippen MR) is 225 cm³/mol. The maximum Gasteiger partial charge on any atom is 2.00 e. The van der Waals surface area contributed by atoms with Gasteiger partial charge >= 0.3 is 22.4 Å². The van der Waals surface area contributed by atoms with Gasteiger partial charge in [-0.15, -0.1) is 4.79 Å². The van der Waals surface area contributed by atoms with E-state index in [2.05, 4.69) is 115 Å². The van der Waals surface area contributed by atoms with Gasteiger partial charge in [0.1, 0.15) is 0 Å². The molecule has 0 bridgehead atoms. The Kier molecular flexibility index (Phi) is 37.5. The van der Waals surface area contributed by atoms with Crippen LogP contribution in [0.25, 0.3) is 11.1 Å². The van der Waals surface area contributed by atoms with Crippen molar-refractivity contribution < 1.29 is 21.3 Å². The topological polar surface area (TPSA) is 36.4 Å². The van der Waals surface area contributed by atoms with Crippen LogP contribution in [0.3, 0.4) is 0 Å². The van der Waals surface area contributed by atoms with E-state index < -0.39 is 0 Å². The second-order valence-electron chi connectivity index (χ2n) is 13.9. The first kappa shape index (κ1) is 50.9. The molecule has 2 nitrogen and oxygen atoms in total. The summed E-state index contributed by atoms with van der Waals surface area (Å²) in [6, 6.07) is 18.5. The van der Waals surface area contributed by atoms with Crippen molar-refractivity contribution in [2.75, 3.05) is 0 Å². The third-order valence-corrected chi connectivity index (χ3v) is 9.22. The largest absolute Gasteiger partial charge is 2.00 e. The van der Waals surface area contributed by atoms with E-state index in [4.69, 9.17) is 0 Å². The Bertz CT molecular complexity index is 1170. The molecule has 0 N–H and O–H groups in total. The Hall–Kier alpha value is -2.17. The van der Waals surface area contributed by atoms with Crippen LogP contribution in [0.5, 0.6) is 0 Å². The molecule has 0 amide bonds. The molecule has 3 heteroatoms. The van der Waals surface area contributed by atoms with E-state index in [1.54, 1.807) is 0 Å². The van der Waals surface area contributed by atoms with E-state index in [-0.39, 0.29) is 16.5 Å². The Balaban J connectivity index is 0. The number of benzene rings is 2. The smallest absolute Gasteiger partial charge is 0.348 e. The van der Waals surface area contributed by atoms with Gasteiger partial charge in [0.05, 0.1) is 5.57 Å². The molecule has 0 aliphatic rings. The second kappa shape index (κ2) is 37.6. The molecule has 0 aromatic heterocycles. The maximum absolute atomic E-state index is 9.63. The minimum atomic E-state index is 0. The molecule has 0 spiro atoms. The average molecular weight is 742 g/mol. The summed E-state index contributed by atoms with van der Waals surface area (Å²) in [7, 11) is 0. The van der Waals surface area contributed by atoms with Crippen LogP contribution in [0.1, 0.15) is 205 Å². The Morgan fingerprint density at radius 2 is 1.08 bits per heavy atom. The summed E-state index contributed by atoms with van der Waals surface area (Å²) >= 11 is 0. The number of aryl methyl sites for hydroxylation is 2. The molecule has 0 fully saturated rings. The molecular weight excluding hydrogens is 663 g/mol. The molecule has 2 rings (SSSR count). The normalized spacial score (nSPS) is 10.7. The van der Waals surface area contributed by atoms with E-state index in [0.717, 1.165) is 63.4 Å².